The second-order valence-electron chi connectivity index (χ2n) is 6.53. The van der Waals surface area contributed by atoms with Gasteiger partial charge in [-0.1, -0.05) is 30.3 Å². The van der Waals surface area contributed by atoms with E-state index in [2.05, 4.69) is 16.0 Å². The third-order valence-corrected chi connectivity index (χ3v) is 4.15. The molecule has 0 saturated heterocycles. The third-order valence-electron chi connectivity index (χ3n) is 4.15. The number of hydrogen-bond acceptors (Lipinski definition) is 3. The summed E-state index contributed by atoms with van der Waals surface area (Å²) in [4.78, 5) is 24.0. The van der Waals surface area contributed by atoms with Crippen molar-refractivity contribution in [2.75, 3.05) is 23.7 Å². The molecule has 1 fully saturated rings. The van der Waals surface area contributed by atoms with Crippen molar-refractivity contribution in [1.29, 1.82) is 0 Å². The summed E-state index contributed by atoms with van der Waals surface area (Å²) < 4.78 is 14.0. The molecular formula is C20H23ClFN3O2. The summed E-state index contributed by atoms with van der Waals surface area (Å²) in [6, 6.07) is 13.4. The Kier molecular flexibility index (Phi) is 7.76. The first-order valence-electron chi connectivity index (χ1n) is 8.74. The lowest BCUT2D eigenvalue weighted by molar-refractivity contribution is -0.116. The Labute approximate surface area is 164 Å². The van der Waals surface area contributed by atoms with Crippen LogP contribution in [0.3, 0.4) is 0 Å². The van der Waals surface area contributed by atoms with Crippen molar-refractivity contribution in [2.24, 2.45) is 5.92 Å². The average Bonchev–Trinajstić information content (AvgIpc) is 3.43. The number of amides is 2. The lowest BCUT2D eigenvalue weighted by atomic mass is 10.1. The van der Waals surface area contributed by atoms with Gasteiger partial charge in [0.1, 0.15) is 5.82 Å². The van der Waals surface area contributed by atoms with E-state index in [9.17, 15) is 14.0 Å². The molecule has 2 aromatic carbocycles. The van der Waals surface area contributed by atoms with Gasteiger partial charge in [-0.25, -0.2) is 4.39 Å². The van der Waals surface area contributed by atoms with Crippen LogP contribution in [-0.2, 0) is 16.0 Å². The lowest BCUT2D eigenvalue weighted by Gasteiger charge is -2.10. The van der Waals surface area contributed by atoms with Crippen LogP contribution in [0.5, 0.6) is 0 Å². The van der Waals surface area contributed by atoms with Crippen molar-refractivity contribution in [3.63, 3.8) is 0 Å². The molecule has 0 aliphatic heterocycles. The molecule has 1 aliphatic rings. The molecule has 2 amide bonds. The van der Waals surface area contributed by atoms with Crippen molar-refractivity contribution in [3.8, 4) is 0 Å². The number of hydrogen-bond donors (Lipinski definition) is 3. The predicted octanol–water partition coefficient (Wildman–Crippen LogP) is 3.37. The number of carbonyl (C=O) groups excluding carboxylic acids is 2. The largest absolute Gasteiger partial charge is 0.325 e. The molecule has 3 rings (SSSR count). The van der Waals surface area contributed by atoms with Gasteiger partial charge in [-0.15, -0.1) is 12.4 Å². The molecule has 144 valence electrons. The number of nitrogens with one attached hydrogen (secondary N) is 3. The zero-order valence-corrected chi connectivity index (χ0v) is 15.7. The highest BCUT2D eigenvalue weighted by molar-refractivity contribution is 5.95. The second-order valence-corrected chi connectivity index (χ2v) is 6.53. The highest BCUT2D eigenvalue weighted by Gasteiger charge is 2.20. The Bertz CT molecular complexity index is 782. The van der Waals surface area contributed by atoms with Crippen LogP contribution >= 0.6 is 12.4 Å². The predicted molar refractivity (Wildman–Crippen MR) is 107 cm³/mol. The van der Waals surface area contributed by atoms with E-state index in [0.717, 1.165) is 12.1 Å². The van der Waals surface area contributed by atoms with Gasteiger partial charge >= 0.3 is 0 Å². The van der Waals surface area contributed by atoms with E-state index < -0.39 is 5.82 Å². The summed E-state index contributed by atoms with van der Waals surface area (Å²) in [5, 5.41) is 8.36. The summed E-state index contributed by atoms with van der Waals surface area (Å²) >= 11 is 0. The number of rotatable bonds is 8. The van der Waals surface area contributed by atoms with Gasteiger partial charge in [-0.3, -0.25) is 9.59 Å². The monoisotopic (exact) mass is 391 g/mol. The van der Waals surface area contributed by atoms with Crippen LogP contribution in [0.25, 0.3) is 0 Å². The summed E-state index contributed by atoms with van der Waals surface area (Å²) in [6.07, 6.45) is 2.60. The molecule has 0 spiro atoms. The van der Waals surface area contributed by atoms with Gasteiger partial charge in [0.15, 0.2) is 0 Å². The second kappa shape index (κ2) is 10.0. The van der Waals surface area contributed by atoms with Crippen molar-refractivity contribution >= 4 is 35.6 Å². The lowest BCUT2D eigenvalue weighted by Crippen LogP contribution is -2.29. The van der Waals surface area contributed by atoms with Crippen molar-refractivity contribution < 1.29 is 14.0 Å². The molecule has 0 bridgehead atoms. The van der Waals surface area contributed by atoms with Crippen LogP contribution in [0.4, 0.5) is 15.8 Å². The van der Waals surface area contributed by atoms with Crippen LogP contribution in [-0.4, -0.2) is 24.9 Å². The maximum Gasteiger partial charge on any atom is 0.238 e. The molecule has 0 atom stereocenters. The molecule has 0 heterocycles. The minimum atomic E-state index is -0.545. The standard InChI is InChI=1S/C20H22FN3O2.ClH/c21-17-9-8-16(23-20(26)13-22-12-15-6-7-15)11-18(17)24-19(25)10-14-4-2-1-3-5-14;/h1-5,8-9,11,15,22H,6-7,10,12-13H2,(H,23,26)(H,24,25);1H. The van der Waals surface area contributed by atoms with Crippen LogP contribution in [0.15, 0.2) is 48.5 Å². The fourth-order valence-electron chi connectivity index (χ4n) is 2.59. The van der Waals surface area contributed by atoms with Crippen LogP contribution in [0.1, 0.15) is 18.4 Å². The summed E-state index contributed by atoms with van der Waals surface area (Å²) in [6.45, 7) is 1.06. The Morgan fingerprint density at radius 2 is 1.74 bits per heavy atom. The van der Waals surface area contributed by atoms with Gasteiger partial charge in [0.2, 0.25) is 11.8 Å². The number of benzene rings is 2. The summed E-state index contributed by atoms with van der Waals surface area (Å²) in [5.74, 6) is -0.361. The van der Waals surface area contributed by atoms with Gasteiger partial charge in [0.05, 0.1) is 18.7 Å². The molecule has 3 N–H and O–H groups in total. The molecule has 1 saturated carbocycles. The van der Waals surface area contributed by atoms with Crippen molar-refractivity contribution in [2.45, 2.75) is 19.3 Å². The van der Waals surface area contributed by atoms with Gasteiger partial charge < -0.3 is 16.0 Å². The molecule has 0 aromatic heterocycles. The smallest absolute Gasteiger partial charge is 0.238 e. The molecule has 2 aromatic rings. The fourth-order valence-corrected chi connectivity index (χ4v) is 2.59. The molecule has 0 unspecified atom stereocenters. The van der Waals surface area contributed by atoms with E-state index in [1.165, 1.54) is 31.0 Å². The number of anilines is 2. The first-order valence-corrected chi connectivity index (χ1v) is 8.74. The summed E-state index contributed by atoms with van der Waals surface area (Å²) in [5.41, 5.74) is 1.34. The van der Waals surface area contributed by atoms with Gasteiger partial charge in [-0.2, -0.15) is 0 Å². The Balaban J connectivity index is 0.00000261. The number of carbonyl (C=O) groups is 2. The zero-order chi connectivity index (χ0) is 18.4. The first kappa shape index (κ1) is 20.9. The molecule has 5 nitrogen and oxygen atoms in total. The molecule has 27 heavy (non-hydrogen) atoms. The molecule has 7 heteroatoms. The number of halogens is 2. The van der Waals surface area contributed by atoms with E-state index >= 15 is 0 Å². The average molecular weight is 392 g/mol. The van der Waals surface area contributed by atoms with E-state index in [1.54, 1.807) is 0 Å². The molecular weight excluding hydrogens is 369 g/mol. The van der Waals surface area contributed by atoms with Crippen molar-refractivity contribution in [3.05, 3.63) is 59.9 Å². The minimum Gasteiger partial charge on any atom is -0.325 e. The quantitative estimate of drug-likeness (QED) is 0.646. The maximum absolute atomic E-state index is 14.0. The van der Waals surface area contributed by atoms with E-state index in [4.69, 9.17) is 0 Å². The third kappa shape index (κ3) is 7.00. The van der Waals surface area contributed by atoms with Crippen molar-refractivity contribution in [1.82, 2.24) is 5.32 Å². The topological polar surface area (TPSA) is 70.2 Å². The SMILES string of the molecule is Cl.O=C(CNCC1CC1)Nc1ccc(F)c(NC(=O)Cc2ccccc2)c1. The van der Waals surface area contributed by atoms with E-state index in [0.29, 0.717) is 11.6 Å². The van der Waals surface area contributed by atoms with E-state index in [-0.39, 0.29) is 42.9 Å². The fraction of sp³-hybridized carbons (Fsp3) is 0.300. The zero-order valence-electron chi connectivity index (χ0n) is 14.8. The maximum atomic E-state index is 14.0. The Hall–Kier alpha value is -2.44. The Morgan fingerprint density at radius 1 is 1.00 bits per heavy atom. The highest BCUT2D eigenvalue weighted by Crippen LogP contribution is 2.27. The minimum absolute atomic E-state index is 0. The van der Waals surface area contributed by atoms with Gasteiger partial charge in [0.25, 0.3) is 0 Å². The Morgan fingerprint density at radius 3 is 2.44 bits per heavy atom. The highest BCUT2D eigenvalue weighted by atomic mass is 35.5. The normalized spacial score (nSPS) is 12.8. The molecule has 0 radical (unpaired) electrons. The first-order chi connectivity index (χ1) is 12.6. The van der Waals surface area contributed by atoms with Crippen LogP contribution < -0.4 is 16.0 Å². The van der Waals surface area contributed by atoms with E-state index in [1.807, 2.05) is 30.3 Å². The summed E-state index contributed by atoms with van der Waals surface area (Å²) in [7, 11) is 0. The molecule has 1 aliphatic carbocycles. The van der Waals surface area contributed by atoms with Crippen LogP contribution in [0.2, 0.25) is 0 Å². The van der Waals surface area contributed by atoms with Crippen LogP contribution in [0, 0.1) is 11.7 Å². The van der Waals surface area contributed by atoms with Gasteiger partial charge in [0, 0.05) is 5.69 Å². The van der Waals surface area contributed by atoms with Gasteiger partial charge in [-0.05, 0) is 49.1 Å².